The van der Waals surface area contributed by atoms with Gasteiger partial charge in [-0.05, 0) is 81.2 Å². The van der Waals surface area contributed by atoms with Crippen molar-refractivity contribution < 1.29 is 21.6 Å². The van der Waals surface area contributed by atoms with Crippen LogP contribution in [0.3, 0.4) is 0 Å². The summed E-state index contributed by atoms with van der Waals surface area (Å²) in [4.78, 5) is 2.65. The standard InChI is InChI=1S/C26H29F3N4O2S2/c1-17(31-18-7-9-20(10-8-18)37(30,34)35)6-11-24-22(16-26(27,28)29)21-4-3-5-23(25(21)36-24)32-19-12-14-33(2)15-13-19/h3-5,7-10,17,19,31-32H,12-16H2,1-2H3,(H2,30,34,35). The van der Waals surface area contributed by atoms with E-state index in [2.05, 4.69) is 34.4 Å². The van der Waals surface area contributed by atoms with Gasteiger partial charge in [0.2, 0.25) is 10.0 Å². The van der Waals surface area contributed by atoms with Crippen molar-refractivity contribution in [1.29, 1.82) is 0 Å². The van der Waals surface area contributed by atoms with Crippen molar-refractivity contribution in [2.24, 2.45) is 5.14 Å². The molecule has 0 radical (unpaired) electrons. The Morgan fingerprint density at radius 2 is 1.84 bits per heavy atom. The maximum atomic E-state index is 13.5. The van der Waals surface area contributed by atoms with Crippen LogP contribution in [0.25, 0.3) is 10.1 Å². The summed E-state index contributed by atoms with van der Waals surface area (Å²) < 4.78 is 64.2. The Bertz CT molecular complexity index is 1420. The molecule has 0 amide bonds. The molecule has 1 fully saturated rings. The fraction of sp³-hybridized carbons (Fsp3) is 0.385. The Morgan fingerprint density at radius 3 is 2.46 bits per heavy atom. The Kier molecular flexibility index (Phi) is 8.04. The summed E-state index contributed by atoms with van der Waals surface area (Å²) in [7, 11) is -1.71. The molecule has 2 aromatic carbocycles. The summed E-state index contributed by atoms with van der Waals surface area (Å²) in [5.41, 5.74) is 1.65. The lowest BCUT2D eigenvalue weighted by molar-refractivity contribution is -0.126. The molecule has 0 spiro atoms. The van der Waals surface area contributed by atoms with Crippen LogP contribution in [0.2, 0.25) is 0 Å². The predicted octanol–water partition coefficient (Wildman–Crippen LogP) is 5.01. The second-order valence-corrected chi connectivity index (χ2v) is 11.9. The third-order valence-electron chi connectivity index (χ3n) is 6.24. The number of sulfonamides is 1. The predicted molar refractivity (Wildman–Crippen MR) is 144 cm³/mol. The largest absolute Gasteiger partial charge is 0.393 e. The van der Waals surface area contributed by atoms with Gasteiger partial charge in [-0.15, -0.1) is 11.3 Å². The van der Waals surface area contributed by atoms with E-state index < -0.39 is 28.7 Å². The average Bonchev–Trinajstić information content (AvgIpc) is 3.16. The van der Waals surface area contributed by atoms with Gasteiger partial charge in [0.25, 0.3) is 0 Å². The summed E-state index contributed by atoms with van der Waals surface area (Å²) in [6, 6.07) is 11.2. The molecular formula is C26H29F3N4O2S2. The highest BCUT2D eigenvalue weighted by atomic mass is 32.2. The van der Waals surface area contributed by atoms with E-state index >= 15 is 0 Å². The van der Waals surface area contributed by atoms with Gasteiger partial charge in [0.1, 0.15) is 0 Å². The van der Waals surface area contributed by atoms with Gasteiger partial charge in [0.15, 0.2) is 0 Å². The van der Waals surface area contributed by atoms with Gasteiger partial charge in [-0.2, -0.15) is 13.2 Å². The van der Waals surface area contributed by atoms with Crippen LogP contribution >= 0.6 is 11.3 Å². The van der Waals surface area contributed by atoms with Gasteiger partial charge in [0.05, 0.1) is 32.6 Å². The Hall–Kier alpha value is -2.78. The zero-order valence-electron chi connectivity index (χ0n) is 20.5. The van der Waals surface area contributed by atoms with E-state index in [-0.39, 0.29) is 16.5 Å². The van der Waals surface area contributed by atoms with E-state index in [1.54, 1.807) is 31.2 Å². The van der Waals surface area contributed by atoms with Crippen molar-refractivity contribution in [3.05, 3.63) is 52.9 Å². The minimum atomic E-state index is -4.36. The zero-order chi connectivity index (χ0) is 26.8. The Labute approximate surface area is 219 Å². The first kappa shape index (κ1) is 27.3. The molecule has 1 saturated heterocycles. The van der Waals surface area contributed by atoms with Crippen LogP contribution in [0.4, 0.5) is 24.5 Å². The number of fused-ring (bicyclic) bond motifs is 1. The van der Waals surface area contributed by atoms with Crippen molar-refractivity contribution in [3.8, 4) is 11.8 Å². The van der Waals surface area contributed by atoms with E-state index in [9.17, 15) is 21.6 Å². The summed E-state index contributed by atoms with van der Waals surface area (Å²) in [5, 5.41) is 12.4. The molecule has 37 heavy (non-hydrogen) atoms. The normalized spacial score (nSPS) is 16.3. The first-order chi connectivity index (χ1) is 17.4. The number of nitrogens with one attached hydrogen (secondary N) is 2. The fourth-order valence-corrected chi connectivity index (χ4v) is 6.01. The number of hydrogen-bond donors (Lipinski definition) is 3. The minimum absolute atomic E-state index is 0.0106. The van der Waals surface area contributed by atoms with Crippen LogP contribution in [0.1, 0.15) is 30.2 Å². The van der Waals surface area contributed by atoms with Gasteiger partial charge in [-0.3, -0.25) is 0 Å². The summed E-state index contributed by atoms with van der Waals surface area (Å²) in [6.45, 7) is 3.73. The number of primary sulfonamides is 1. The highest BCUT2D eigenvalue weighted by molar-refractivity contribution is 7.89. The molecule has 1 atom stereocenters. The van der Waals surface area contributed by atoms with Crippen LogP contribution < -0.4 is 15.8 Å². The van der Waals surface area contributed by atoms with Crippen LogP contribution in [-0.2, 0) is 16.4 Å². The van der Waals surface area contributed by atoms with Crippen LogP contribution in [-0.4, -0.2) is 51.7 Å². The lowest BCUT2D eigenvalue weighted by atomic mass is 10.0. The molecular weight excluding hydrogens is 521 g/mol. The lowest BCUT2D eigenvalue weighted by Crippen LogP contribution is -2.36. The molecule has 198 valence electrons. The first-order valence-electron chi connectivity index (χ1n) is 11.9. The minimum Gasteiger partial charge on any atom is -0.381 e. The topological polar surface area (TPSA) is 87.5 Å². The summed E-state index contributed by atoms with van der Waals surface area (Å²) in [5.74, 6) is 5.97. The van der Waals surface area contributed by atoms with Crippen molar-refractivity contribution in [3.63, 3.8) is 0 Å². The van der Waals surface area contributed by atoms with Crippen LogP contribution in [0.5, 0.6) is 0 Å². The number of benzene rings is 2. The molecule has 1 aromatic heterocycles. The van der Waals surface area contributed by atoms with Crippen molar-refractivity contribution in [2.75, 3.05) is 30.8 Å². The number of nitrogens with zero attached hydrogens (tertiary/aromatic N) is 1. The molecule has 6 nitrogen and oxygen atoms in total. The fourth-order valence-electron chi connectivity index (χ4n) is 4.33. The quantitative estimate of drug-likeness (QED) is 0.376. The van der Waals surface area contributed by atoms with Gasteiger partial charge >= 0.3 is 6.18 Å². The molecule has 11 heteroatoms. The molecule has 1 unspecified atom stereocenters. The molecule has 4 rings (SSSR count). The van der Waals surface area contributed by atoms with E-state index in [0.29, 0.717) is 16.0 Å². The van der Waals surface area contributed by atoms with E-state index in [0.717, 1.165) is 36.3 Å². The molecule has 4 N–H and O–H groups in total. The number of anilines is 2. The number of rotatable bonds is 6. The molecule has 0 saturated carbocycles. The maximum absolute atomic E-state index is 13.5. The number of likely N-dealkylation sites (tertiary alicyclic amines) is 1. The van der Waals surface area contributed by atoms with E-state index in [1.807, 2.05) is 6.07 Å². The third kappa shape index (κ3) is 7.17. The summed E-state index contributed by atoms with van der Waals surface area (Å²) >= 11 is 1.28. The second kappa shape index (κ2) is 10.9. The number of nitrogens with two attached hydrogens (primary N) is 1. The molecule has 0 bridgehead atoms. The second-order valence-electron chi connectivity index (χ2n) is 9.31. The smallest absolute Gasteiger partial charge is 0.381 e. The van der Waals surface area contributed by atoms with Gasteiger partial charge in [-0.25, -0.2) is 13.6 Å². The third-order valence-corrected chi connectivity index (χ3v) is 8.37. The van der Waals surface area contributed by atoms with E-state index in [1.165, 1.54) is 23.5 Å². The molecule has 3 aromatic rings. The average molecular weight is 551 g/mol. The van der Waals surface area contributed by atoms with Gasteiger partial charge < -0.3 is 15.5 Å². The van der Waals surface area contributed by atoms with Crippen molar-refractivity contribution >= 4 is 42.8 Å². The van der Waals surface area contributed by atoms with Crippen molar-refractivity contribution in [2.45, 2.75) is 49.3 Å². The van der Waals surface area contributed by atoms with Crippen molar-refractivity contribution in [1.82, 2.24) is 4.90 Å². The number of hydrogen-bond acceptors (Lipinski definition) is 6. The SMILES string of the molecule is CC(C#Cc1sc2c(NC3CCN(C)CC3)cccc2c1CC(F)(F)F)Nc1ccc(S(N)(=O)=O)cc1. The number of alkyl halides is 3. The molecule has 1 aliphatic rings. The van der Waals surface area contributed by atoms with Gasteiger partial charge in [-0.1, -0.05) is 24.0 Å². The van der Waals surface area contributed by atoms with Gasteiger partial charge in [0, 0.05) is 11.7 Å². The number of piperidine rings is 1. The highest BCUT2D eigenvalue weighted by Gasteiger charge is 2.31. The zero-order valence-corrected chi connectivity index (χ0v) is 22.2. The number of thiophene rings is 1. The van der Waals surface area contributed by atoms with E-state index in [4.69, 9.17) is 5.14 Å². The monoisotopic (exact) mass is 550 g/mol. The Balaban J connectivity index is 1.60. The Morgan fingerprint density at radius 1 is 1.16 bits per heavy atom. The highest BCUT2D eigenvalue weighted by Crippen LogP contribution is 2.39. The van der Waals surface area contributed by atoms with Crippen LogP contribution in [0, 0.1) is 11.8 Å². The van der Waals surface area contributed by atoms with Crippen LogP contribution in [0.15, 0.2) is 47.4 Å². The summed E-state index contributed by atoms with van der Waals surface area (Å²) in [6.07, 6.45) is -3.47. The lowest BCUT2D eigenvalue weighted by Gasteiger charge is -2.30. The first-order valence-corrected chi connectivity index (χ1v) is 14.2. The molecule has 1 aliphatic heterocycles. The molecule has 0 aliphatic carbocycles. The molecule has 2 heterocycles. The maximum Gasteiger partial charge on any atom is 0.393 e. The number of halogens is 3.